The van der Waals surface area contributed by atoms with Gasteiger partial charge in [-0.2, -0.15) is 0 Å². The topological polar surface area (TPSA) is 64.3 Å². The van der Waals surface area contributed by atoms with Crippen molar-refractivity contribution in [2.45, 2.75) is 58.6 Å². The number of hydrogen-bond donors (Lipinski definition) is 2. The molecule has 5 heteroatoms. The molecule has 3 N–H and O–H groups in total. The van der Waals surface area contributed by atoms with E-state index >= 15 is 0 Å². The molecule has 0 saturated carbocycles. The number of carbonyl (C=O) groups is 1. The summed E-state index contributed by atoms with van der Waals surface area (Å²) in [6.45, 7) is 9.12. The summed E-state index contributed by atoms with van der Waals surface area (Å²) in [6, 6.07) is 4.61. The van der Waals surface area contributed by atoms with Crippen LogP contribution in [0.25, 0.3) is 0 Å². The van der Waals surface area contributed by atoms with E-state index in [1.54, 1.807) is 32.9 Å². The normalized spacial score (nSPS) is 12.1. The van der Waals surface area contributed by atoms with Crippen molar-refractivity contribution in [1.29, 1.82) is 0 Å². The minimum Gasteiger partial charge on any atom is -0.444 e. The molecule has 0 spiro atoms. The lowest BCUT2D eigenvalue weighted by molar-refractivity contribution is 0.0636. The quantitative estimate of drug-likeness (QED) is 0.887. The van der Waals surface area contributed by atoms with Crippen molar-refractivity contribution in [3.05, 3.63) is 29.6 Å². The number of aryl methyl sites for hydroxylation is 1. The molecule has 0 bridgehead atoms. The van der Waals surface area contributed by atoms with Crippen LogP contribution in [0.15, 0.2) is 18.2 Å². The van der Waals surface area contributed by atoms with E-state index in [4.69, 9.17) is 10.5 Å². The monoisotopic (exact) mass is 296 g/mol. The zero-order valence-corrected chi connectivity index (χ0v) is 13.4. The average Bonchev–Trinajstić information content (AvgIpc) is 2.23. The number of halogens is 1. The van der Waals surface area contributed by atoms with Crippen LogP contribution in [0.2, 0.25) is 0 Å². The van der Waals surface area contributed by atoms with Crippen LogP contribution in [0.4, 0.5) is 14.9 Å². The molecule has 0 aliphatic heterocycles. The highest BCUT2D eigenvalue weighted by molar-refractivity contribution is 5.84. The summed E-state index contributed by atoms with van der Waals surface area (Å²) < 4.78 is 19.1. The molecule has 1 aromatic rings. The number of hydrogen-bond acceptors (Lipinski definition) is 3. The maximum atomic E-state index is 14.0. The fourth-order valence-electron chi connectivity index (χ4n) is 1.71. The number of anilines is 1. The molecule has 4 nitrogen and oxygen atoms in total. The minimum atomic E-state index is -0.599. The molecular formula is C16H25FN2O2. The highest BCUT2D eigenvalue weighted by atomic mass is 19.1. The molecule has 0 radical (unpaired) electrons. The summed E-state index contributed by atoms with van der Waals surface area (Å²) in [6.07, 6.45) is 0.642. The zero-order valence-electron chi connectivity index (χ0n) is 13.4. The Bertz CT molecular complexity index is 502. The molecule has 0 heterocycles. The van der Waals surface area contributed by atoms with Gasteiger partial charge in [-0.25, -0.2) is 9.18 Å². The van der Waals surface area contributed by atoms with Crippen molar-refractivity contribution >= 4 is 11.8 Å². The molecule has 0 saturated heterocycles. The van der Waals surface area contributed by atoms with E-state index < -0.39 is 11.7 Å². The average molecular weight is 296 g/mol. The van der Waals surface area contributed by atoms with E-state index in [1.807, 2.05) is 13.8 Å². The van der Waals surface area contributed by atoms with Gasteiger partial charge in [0.05, 0.1) is 0 Å². The van der Waals surface area contributed by atoms with Crippen molar-refractivity contribution in [2.75, 3.05) is 5.32 Å². The first kappa shape index (κ1) is 17.4. The lowest BCUT2D eigenvalue weighted by atomic mass is 9.96. The number of amides is 1. The Morgan fingerprint density at radius 1 is 1.29 bits per heavy atom. The Morgan fingerprint density at radius 2 is 1.90 bits per heavy atom. The van der Waals surface area contributed by atoms with Gasteiger partial charge < -0.3 is 10.5 Å². The first-order valence-corrected chi connectivity index (χ1v) is 7.04. The fraction of sp³-hybridized carbons (Fsp3) is 0.562. The van der Waals surface area contributed by atoms with Crippen LogP contribution in [0.3, 0.4) is 0 Å². The summed E-state index contributed by atoms with van der Waals surface area (Å²) in [5.74, 6) is -0.354. The highest BCUT2D eigenvalue weighted by Crippen LogP contribution is 2.19. The summed E-state index contributed by atoms with van der Waals surface area (Å²) in [5, 5.41) is 2.51. The van der Waals surface area contributed by atoms with Crippen LogP contribution in [0.5, 0.6) is 0 Å². The molecule has 0 aromatic heterocycles. The molecule has 118 valence electrons. The summed E-state index contributed by atoms with van der Waals surface area (Å²) in [5.41, 5.74) is 5.93. The van der Waals surface area contributed by atoms with E-state index in [0.717, 1.165) is 0 Å². The van der Waals surface area contributed by atoms with Gasteiger partial charge in [-0.15, -0.1) is 0 Å². The lowest BCUT2D eigenvalue weighted by Crippen LogP contribution is -2.32. The van der Waals surface area contributed by atoms with Crippen molar-refractivity contribution in [2.24, 2.45) is 5.73 Å². The van der Waals surface area contributed by atoms with Gasteiger partial charge in [-0.05, 0) is 65.2 Å². The first-order valence-electron chi connectivity index (χ1n) is 7.04. The van der Waals surface area contributed by atoms with E-state index in [2.05, 4.69) is 5.32 Å². The molecule has 1 amide bonds. The van der Waals surface area contributed by atoms with Gasteiger partial charge in [0.15, 0.2) is 0 Å². The number of ether oxygens (including phenoxy) is 1. The molecule has 0 aliphatic rings. The third-order valence-electron chi connectivity index (χ3n) is 2.74. The van der Waals surface area contributed by atoms with Crippen LogP contribution in [0, 0.1) is 5.82 Å². The van der Waals surface area contributed by atoms with Crippen molar-refractivity contribution in [3.63, 3.8) is 0 Å². The maximum absolute atomic E-state index is 14.0. The smallest absolute Gasteiger partial charge is 0.412 e. The summed E-state index contributed by atoms with van der Waals surface area (Å²) >= 11 is 0. The number of nitrogens with two attached hydrogens (primary N) is 1. The van der Waals surface area contributed by atoms with Crippen molar-refractivity contribution in [1.82, 2.24) is 0 Å². The van der Waals surface area contributed by atoms with Crippen LogP contribution in [0.1, 0.15) is 46.6 Å². The van der Waals surface area contributed by atoms with E-state index in [1.165, 1.54) is 6.07 Å². The van der Waals surface area contributed by atoms with Gasteiger partial charge in [-0.3, -0.25) is 5.32 Å². The Kier molecular flexibility index (Phi) is 5.34. The molecule has 0 fully saturated rings. The maximum Gasteiger partial charge on any atom is 0.412 e. The van der Waals surface area contributed by atoms with Crippen molar-refractivity contribution in [3.8, 4) is 0 Å². The predicted molar refractivity (Wildman–Crippen MR) is 82.8 cm³/mol. The molecular weight excluding hydrogens is 271 g/mol. The van der Waals surface area contributed by atoms with E-state index in [0.29, 0.717) is 24.1 Å². The molecule has 21 heavy (non-hydrogen) atoms. The standard InChI is InChI=1S/C16H25FN2O2/c1-15(2,3)21-14(20)19-12-7-6-11(13(17)10-12)8-9-16(4,5)18/h6-7,10H,8-9,18H2,1-5H3,(H,19,20). The van der Waals surface area contributed by atoms with Gasteiger partial charge in [0, 0.05) is 11.2 Å². The number of carbonyl (C=O) groups excluding carboxylic acids is 1. The number of rotatable bonds is 4. The van der Waals surface area contributed by atoms with Gasteiger partial charge in [0.25, 0.3) is 0 Å². The fourth-order valence-corrected chi connectivity index (χ4v) is 1.71. The van der Waals surface area contributed by atoms with Crippen LogP contribution >= 0.6 is 0 Å². The van der Waals surface area contributed by atoms with Gasteiger partial charge in [-0.1, -0.05) is 6.07 Å². The second-order valence-corrected chi connectivity index (χ2v) is 6.92. The van der Waals surface area contributed by atoms with Crippen LogP contribution in [-0.2, 0) is 11.2 Å². The Morgan fingerprint density at radius 3 is 2.38 bits per heavy atom. The molecule has 1 rings (SSSR count). The van der Waals surface area contributed by atoms with Crippen LogP contribution in [-0.4, -0.2) is 17.2 Å². The van der Waals surface area contributed by atoms with Gasteiger partial charge in [0.1, 0.15) is 11.4 Å². The Labute approximate surface area is 125 Å². The predicted octanol–water partition coefficient (Wildman–Crippen LogP) is 3.84. The highest BCUT2D eigenvalue weighted by Gasteiger charge is 2.17. The number of nitrogens with one attached hydrogen (secondary N) is 1. The number of benzene rings is 1. The third kappa shape index (κ3) is 7.09. The molecule has 0 atom stereocenters. The Hall–Kier alpha value is -1.62. The molecule has 1 aromatic carbocycles. The van der Waals surface area contributed by atoms with Crippen molar-refractivity contribution < 1.29 is 13.9 Å². The molecule has 0 aliphatic carbocycles. The third-order valence-corrected chi connectivity index (χ3v) is 2.74. The van der Waals surface area contributed by atoms with Gasteiger partial charge >= 0.3 is 6.09 Å². The first-order chi connectivity index (χ1) is 9.46. The largest absolute Gasteiger partial charge is 0.444 e. The summed E-state index contributed by atoms with van der Waals surface area (Å²) in [7, 11) is 0. The van der Waals surface area contributed by atoms with E-state index in [-0.39, 0.29) is 11.4 Å². The SMILES string of the molecule is CC(C)(N)CCc1ccc(NC(=O)OC(C)(C)C)cc1F. The second kappa shape index (κ2) is 6.43. The second-order valence-electron chi connectivity index (χ2n) is 6.92. The minimum absolute atomic E-state index is 0.333. The van der Waals surface area contributed by atoms with Gasteiger partial charge in [0.2, 0.25) is 0 Å². The van der Waals surface area contributed by atoms with E-state index in [9.17, 15) is 9.18 Å². The summed E-state index contributed by atoms with van der Waals surface area (Å²) in [4.78, 5) is 11.6. The Balaban J connectivity index is 2.68. The lowest BCUT2D eigenvalue weighted by Gasteiger charge is -2.20. The zero-order chi connectivity index (χ0) is 16.3. The molecule has 0 unspecified atom stereocenters. The van der Waals surface area contributed by atoms with Crippen LogP contribution < -0.4 is 11.1 Å².